The van der Waals surface area contributed by atoms with Gasteiger partial charge in [0.15, 0.2) is 0 Å². The molecule has 0 aromatic carbocycles. The molecule has 0 amide bonds. The molecule has 0 aliphatic heterocycles. The van der Waals surface area contributed by atoms with Crippen LogP contribution in [-0.4, -0.2) is 37.2 Å². The van der Waals surface area contributed by atoms with Crippen LogP contribution in [0.2, 0.25) is 0 Å². The normalized spacial score (nSPS) is 33.2. The Morgan fingerprint density at radius 2 is 2.00 bits per heavy atom. The number of likely N-dealkylation sites (N-methyl/N-ethyl adjacent to an activating group) is 1. The maximum atomic E-state index is 6.16. The summed E-state index contributed by atoms with van der Waals surface area (Å²) in [5, 5.41) is 0. The summed E-state index contributed by atoms with van der Waals surface area (Å²) in [5.74, 6) is 1.55. The topological polar surface area (TPSA) is 12.5 Å². The van der Waals surface area contributed by atoms with Gasteiger partial charge in [0.2, 0.25) is 0 Å². The Morgan fingerprint density at radius 3 is 2.50 bits per heavy atom. The third kappa shape index (κ3) is 2.37. The molecule has 2 nitrogen and oxygen atoms in total. The van der Waals surface area contributed by atoms with Crippen LogP contribution < -0.4 is 0 Å². The lowest BCUT2D eigenvalue weighted by Gasteiger charge is -2.58. The van der Waals surface area contributed by atoms with E-state index in [-0.39, 0.29) is 0 Å². The Balaban J connectivity index is 1.85. The van der Waals surface area contributed by atoms with Crippen LogP contribution in [0.5, 0.6) is 0 Å². The second kappa shape index (κ2) is 5.34. The minimum atomic E-state index is 0.362. The molecule has 0 radical (unpaired) electrons. The first-order chi connectivity index (χ1) is 8.50. The zero-order valence-corrected chi connectivity index (χ0v) is 12.7. The van der Waals surface area contributed by atoms with Crippen molar-refractivity contribution in [1.29, 1.82) is 0 Å². The standard InChI is InChI=1S/C16H29NO/c1-6-17(7-2)8-9-18-15-10-12(3)13-11-14(15)16(13,4)5/h10,13-15H,6-9,11H2,1-5H3. The predicted octanol–water partition coefficient (Wildman–Crippen LogP) is 3.34. The summed E-state index contributed by atoms with van der Waals surface area (Å²) in [5.41, 5.74) is 2.01. The highest BCUT2D eigenvalue weighted by atomic mass is 16.5. The monoisotopic (exact) mass is 251 g/mol. The lowest BCUT2D eigenvalue weighted by atomic mass is 9.48. The van der Waals surface area contributed by atoms with Gasteiger partial charge >= 0.3 is 0 Å². The lowest BCUT2D eigenvalue weighted by molar-refractivity contribution is -0.105. The van der Waals surface area contributed by atoms with E-state index in [9.17, 15) is 0 Å². The molecule has 0 aromatic heterocycles. The maximum Gasteiger partial charge on any atom is 0.0792 e. The quantitative estimate of drug-likeness (QED) is 0.671. The molecule has 3 aliphatic rings. The van der Waals surface area contributed by atoms with Crippen LogP contribution in [0.25, 0.3) is 0 Å². The van der Waals surface area contributed by atoms with E-state index in [1.54, 1.807) is 5.57 Å². The van der Waals surface area contributed by atoms with Gasteiger partial charge in [0, 0.05) is 6.54 Å². The van der Waals surface area contributed by atoms with Gasteiger partial charge in [0.05, 0.1) is 12.7 Å². The van der Waals surface area contributed by atoms with Crippen molar-refractivity contribution < 1.29 is 4.74 Å². The van der Waals surface area contributed by atoms with Crippen LogP contribution >= 0.6 is 0 Å². The second-order valence-corrected chi connectivity index (χ2v) is 6.49. The first-order valence-corrected chi connectivity index (χ1v) is 7.53. The lowest BCUT2D eigenvalue weighted by Crippen LogP contribution is -2.54. The van der Waals surface area contributed by atoms with Crippen LogP contribution in [0.15, 0.2) is 11.6 Å². The maximum absolute atomic E-state index is 6.16. The highest BCUT2D eigenvalue weighted by molar-refractivity contribution is 5.25. The fourth-order valence-corrected chi connectivity index (χ4v) is 3.80. The first-order valence-electron chi connectivity index (χ1n) is 7.53. The van der Waals surface area contributed by atoms with E-state index in [0.717, 1.165) is 38.1 Å². The number of hydrogen-bond acceptors (Lipinski definition) is 2. The molecule has 3 atom stereocenters. The average molecular weight is 251 g/mol. The van der Waals surface area contributed by atoms with Crippen molar-refractivity contribution in [1.82, 2.24) is 4.90 Å². The van der Waals surface area contributed by atoms with Crippen molar-refractivity contribution in [3.8, 4) is 0 Å². The zero-order valence-electron chi connectivity index (χ0n) is 12.7. The van der Waals surface area contributed by atoms with E-state index in [4.69, 9.17) is 4.74 Å². The molecule has 3 unspecified atom stereocenters. The highest BCUT2D eigenvalue weighted by Crippen LogP contribution is 2.59. The molecule has 0 heterocycles. The molecule has 1 fully saturated rings. The van der Waals surface area contributed by atoms with Gasteiger partial charge in [-0.15, -0.1) is 0 Å². The van der Waals surface area contributed by atoms with Gasteiger partial charge in [0.25, 0.3) is 0 Å². The van der Waals surface area contributed by atoms with Gasteiger partial charge in [0.1, 0.15) is 0 Å². The second-order valence-electron chi connectivity index (χ2n) is 6.49. The molecule has 0 saturated heterocycles. The summed E-state index contributed by atoms with van der Waals surface area (Å²) in [7, 11) is 0. The van der Waals surface area contributed by atoms with Crippen molar-refractivity contribution in [3.05, 3.63) is 11.6 Å². The Hall–Kier alpha value is -0.340. The number of nitrogens with zero attached hydrogens (tertiary/aromatic N) is 1. The van der Waals surface area contributed by atoms with Crippen LogP contribution in [0.1, 0.15) is 41.0 Å². The minimum absolute atomic E-state index is 0.362. The van der Waals surface area contributed by atoms with E-state index in [2.05, 4.69) is 45.6 Å². The van der Waals surface area contributed by atoms with E-state index in [1.807, 2.05) is 0 Å². The van der Waals surface area contributed by atoms with Gasteiger partial charge < -0.3 is 9.64 Å². The number of ether oxygens (including phenoxy) is 1. The highest BCUT2D eigenvalue weighted by Gasteiger charge is 2.54. The van der Waals surface area contributed by atoms with E-state index >= 15 is 0 Å². The SMILES string of the molecule is CCN(CC)CCOC1C=C(C)C2CC1C2(C)C. The molecule has 2 bridgehead atoms. The molecule has 3 aliphatic carbocycles. The zero-order chi connectivity index (χ0) is 13.3. The fraction of sp³-hybridized carbons (Fsp3) is 0.875. The van der Waals surface area contributed by atoms with Crippen LogP contribution in [0.3, 0.4) is 0 Å². The summed E-state index contributed by atoms with van der Waals surface area (Å²) < 4.78 is 6.16. The van der Waals surface area contributed by atoms with Crippen molar-refractivity contribution >= 4 is 0 Å². The van der Waals surface area contributed by atoms with E-state index in [1.165, 1.54) is 6.42 Å². The number of fused-ring (bicyclic) bond motifs is 1. The van der Waals surface area contributed by atoms with Crippen LogP contribution in [0.4, 0.5) is 0 Å². The Bertz CT molecular complexity index is 317. The van der Waals surface area contributed by atoms with Gasteiger partial charge in [-0.05, 0) is 43.7 Å². The molecule has 18 heavy (non-hydrogen) atoms. The molecule has 1 saturated carbocycles. The van der Waals surface area contributed by atoms with Crippen molar-refractivity contribution in [2.45, 2.75) is 47.1 Å². The molecular formula is C16H29NO. The Kier molecular flexibility index (Phi) is 4.18. The van der Waals surface area contributed by atoms with Gasteiger partial charge in [-0.3, -0.25) is 0 Å². The first kappa shape index (κ1) is 14.1. The van der Waals surface area contributed by atoms with Gasteiger partial charge in [-0.1, -0.05) is 39.3 Å². The van der Waals surface area contributed by atoms with Crippen molar-refractivity contribution in [3.63, 3.8) is 0 Å². The van der Waals surface area contributed by atoms with E-state index in [0.29, 0.717) is 11.5 Å². The summed E-state index contributed by atoms with van der Waals surface area (Å²) in [4.78, 5) is 2.42. The van der Waals surface area contributed by atoms with Gasteiger partial charge in [-0.25, -0.2) is 0 Å². The van der Waals surface area contributed by atoms with Crippen LogP contribution in [0, 0.1) is 17.3 Å². The summed E-state index contributed by atoms with van der Waals surface area (Å²) in [6.07, 6.45) is 4.08. The Morgan fingerprint density at radius 1 is 1.33 bits per heavy atom. The van der Waals surface area contributed by atoms with Crippen molar-refractivity contribution in [2.75, 3.05) is 26.2 Å². The number of hydrogen-bond donors (Lipinski definition) is 0. The number of allylic oxidation sites excluding steroid dienone is 1. The molecule has 104 valence electrons. The smallest absolute Gasteiger partial charge is 0.0792 e. The van der Waals surface area contributed by atoms with E-state index < -0.39 is 0 Å². The fourth-order valence-electron chi connectivity index (χ4n) is 3.80. The molecule has 2 heteroatoms. The molecule has 0 aromatic rings. The van der Waals surface area contributed by atoms with Gasteiger partial charge in [-0.2, -0.15) is 0 Å². The molecule has 3 rings (SSSR count). The van der Waals surface area contributed by atoms with Crippen LogP contribution in [-0.2, 0) is 4.74 Å². The third-order valence-electron chi connectivity index (χ3n) is 5.33. The largest absolute Gasteiger partial charge is 0.373 e. The van der Waals surface area contributed by atoms with Crippen molar-refractivity contribution in [2.24, 2.45) is 17.3 Å². The molecule has 0 spiro atoms. The summed E-state index contributed by atoms with van der Waals surface area (Å²) in [6.45, 7) is 15.7. The predicted molar refractivity (Wildman–Crippen MR) is 76.7 cm³/mol. The minimum Gasteiger partial charge on any atom is -0.373 e. The average Bonchev–Trinajstić information content (AvgIpc) is 2.33. The number of rotatable bonds is 6. The molecular weight excluding hydrogens is 222 g/mol. The third-order valence-corrected chi connectivity index (χ3v) is 5.33. The summed E-state index contributed by atoms with van der Waals surface area (Å²) in [6, 6.07) is 0. The molecule has 0 N–H and O–H groups in total. The summed E-state index contributed by atoms with van der Waals surface area (Å²) >= 11 is 0. The Labute approximate surface area is 112 Å².